The third-order valence-electron chi connectivity index (χ3n) is 5.59. The number of nitro groups is 2. The van der Waals surface area contributed by atoms with Gasteiger partial charge in [0, 0.05) is 40.4 Å². The largest absolute Gasteiger partial charge is 0.398 e. The highest BCUT2D eigenvalue weighted by Gasteiger charge is 2.13. The van der Waals surface area contributed by atoms with Crippen LogP contribution < -0.4 is 5.73 Å². The number of hydrogen-bond donors (Lipinski definition) is 2. The number of aryl methyl sites for hydroxylation is 4. The van der Waals surface area contributed by atoms with E-state index in [1.807, 2.05) is 57.2 Å². The van der Waals surface area contributed by atoms with Crippen LogP contribution in [0.1, 0.15) is 29.7 Å². The van der Waals surface area contributed by atoms with Crippen LogP contribution >= 0.6 is 24.0 Å². The number of nitrogens with two attached hydrogens (primary N) is 1. The molecule has 5 rings (SSSR count). The molecule has 0 saturated carbocycles. The number of benzene rings is 4. The van der Waals surface area contributed by atoms with Crippen molar-refractivity contribution in [1.29, 1.82) is 0 Å². The molecule has 43 heavy (non-hydrogen) atoms. The van der Waals surface area contributed by atoms with Crippen LogP contribution in [-0.4, -0.2) is 21.0 Å². The molecule has 1 aromatic heterocycles. The zero-order chi connectivity index (χ0) is 31.4. The molecule has 0 spiro atoms. The summed E-state index contributed by atoms with van der Waals surface area (Å²) in [6, 6.07) is 23.3. The van der Waals surface area contributed by atoms with E-state index in [1.54, 1.807) is 35.6 Å². The molecule has 0 amide bonds. The molecule has 0 aliphatic heterocycles. The average molecular weight is 621 g/mol. The summed E-state index contributed by atoms with van der Waals surface area (Å²) in [5, 5.41) is 21.8. The fraction of sp³-hybridized carbons (Fsp3) is 0.161. The quantitative estimate of drug-likeness (QED) is 0.0881. The minimum atomic E-state index is -0.396. The van der Waals surface area contributed by atoms with Crippen molar-refractivity contribution in [1.82, 2.24) is 4.98 Å². The van der Waals surface area contributed by atoms with E-state index in [-0.39, 0.29) is 29.9 Å². The minimum absolute atomic E-state index is 0. The number of nitrogens with zero attached hydrogens (tertiary/aromatic N) is 3. The molecule has 2 N–H and O–H groups in total. The Labute approximate surface area is 258 Å². The second-order valence-electron chi connectivity index (χ2n) is 8.99. The molecule has 0 saturated heterocycles. The number of carbonyl (C=O) groups excluding carboxylic acids is 2. The molecule has 0 atom stereocenters. The molecule has 0 radical (unpaired) electrons. The van der Waals surface area contributed by atoms with Crippen molar-refractivity contribution >= 4 is 57.4 Å². The van der Waals surface area contributed by atoms with Crippen molar-refractivity contribution in [2.75, 3.05) is 5.73 Å². The number of aromatic nitrogens is 1. The number of rotatable bonds is 3. The van der Waals surface area contributed by atoms with Gasteiger partial charge in [-0.25, -0.2) is 4.98 Å². The lowest BCUT2D eigenvalue weighted by molar-refractivity contribution is -0.385. The molecular weight excluding hydrogens is 588 g/mol. The third kappa shape index (κ3) is 11.1. The number of fused-ring (bicyclic) bond motifs is 1. The zero-order valence-electron chi connectivity index (χ0n) is 23.2. The van der Waals surface area contributed by atoms with Crippen molar-refractivity contribution in [2.45, 2.75) is 40.0 Å². The summed E-state index contributed by atoms with van der Waals surface area (Å²) in [7, 11) is 0. The van der Waals surface area contributed by atoms with Gasteiger partial charge < -0.3 is 5.73 Å². The first-order valence-electron chi connectivity index (χ1n) is 12.2. The van der Waals surface area contributed by atoms with E-state index < -0.39 is 4.92 Å². The van der Waals surface area contributed by atoms with Crippen LogP contribution in [0.15, 0.2) is 83.8 Å². The minimum Gasteiger partial charge on any atom is -0.398 e. The summed E-state index contributed by atoms with van der Waals surface area (Å²) in [4.78, 5) is 41.9. The normalized spacial score (nSPS) is 9.42. The molecule has 0 aliphatic carbocycles. The highest BCUT2D eigenvalue weighted by Crippen LogP contribution is 2.33. The van der Waals surface area contributed by atoms with E-state index in [9.17, 15) is 20.2 Å². The fourth-order valence-corrected chi connectivity index (χ4v) is 4.98. The Morgan fingerprint density at radius 1 is 0.791 bits per heavy atom. The van der Waals surface area contributed by atoms with Crippen LogP contribution in [0.4, 0.5) is 17.1 Å². The standard InChI is InChI=1S/C15H12N2O2S.C7H7NO2.C7H9NS.CO2.CH4/c1-9-3-6-13-14(7-9)20-15(16-13)12-5-4-11(17(18)19)8-10(12)2;1-6-3-2-4-7(5-6)8(9)10;1-5-2-3-6(8)7(9)4-5;2-1-3;/h3-8H,1-2H3;2-5H,1H3;2-4,9H,8H2,1H3;;1H4. The SMILES string of the molecule is C.Cc1ccc(N)c(S)c1.Cc1ccc2nc(-c3ccc([N+](=O)[O-])cc3C)sc2c1.Cc1cccc([N+](=O)[O-])c1.O=C=O. The van der Waals surface area contributed by atoms with Gasteiger partial charge in [-0.1, -0.05) is 31.7 Å². The summed E-state index contributed by atoms with van der Waals surface area (Å²) in [5.41, 5.74) is 12.6. The maximum Gasteiger partial charge on any atom is 0.373 e. The number of anilines is 1. The molecule has 0 bridgehead atoms. The van der Waals surface area contributed by atoms with Crippen molar-refractivity contribution in [2.24, 2.45) is 0 Å². The van der Waals surface area contributed by atoms with E-state index >= 15 is 0 Å². The molecule has 0 aliphatic rings. The monoisotopic (exact) mass is 620 g/mol. The van der Waals surface area contributed by atoms with Crippen LogP contribution in [0.5, 0.6) is 0 Å². The predicted molar refractivity (Wildman–Crippen MR) is 174 cm³/mol. The number of nitro benzene ring substituents is 2. The van der Waals surface area contributed by atoms with Gasteiger partial charge in [0.15, 0.2) is 0 Å². The number of hydrogen-bond acceptors (Lipinski definition) is 10. The zero-order valence-corrected chi connectivity index (χ0v) is 24.9. The lowest BCUT2D eigenvalue weighted by atomic mass is 10.1. The first kappa shape index (κ1) is 36.1. The first-order chi connectivity index (χ1) is 19.9. The molecule has 1 heterocycles. The molecule has 4 aromatic carbocycles. The van der Waals surface area contributed by atoms with Gasteiger partial charge in [-0.05, 0) is 80.3 Å². The molecule has 10 nitrogen and oxygen atoms in total. The van der Waals surface area contributed by atoms with Crippen molar-refractivity contribution in [3.63, 3.8) is 0 Å². The Bertz CT molecular complexity index is 1750. The second-order valence-corrected chi connectivity index (χ2v) is 10.5. The van der Waals surface area contributed by atoms with Crippen molar-refractivity contribution < 1.29 is 19.4 Å². The van der Waals surface area contributed by atoms with Gasteiger partial charge in [0.2, 0.25) is 0 Å². The highest BCUT2D eigenvalue weighted by molar-refractivity contribution is 7.80. The van der Waals surface area contributed by atoms with E-state index in [1.165, 1.54) is 23.3 Å². The Balaban J connectivity index is 0.000000338. The molecule has 12 heteroatoms. The third-order valence-corrected chi connectivity index (χ3v) is 7.03. The van der Waals surface area contributed by atoms with E-state index in [0.717, 1.165) is 42.5 Å². The van der Waals surface area contributed by atoms with Gasteiger partial charge in [-0.3, -0.25) is 20.2 Å². The maximum atomic E-state index is 10.8. The maximum absolute atomic E-state index is 10.8. The molecule has 224 valence electrons. The van der Waals surface area contributed by atoms with Crippen LogP contribution in [0.2, 0.25) is 0 Å². The van der Waals surface area contributed by atoms with Crippen LogP contribution in [0, 0.1) is 47.9 Å². The van der Waals surface area contributed by atoms with Gasteiger partial charge in [-0.15, -0.1) is 24.0 Å². The second kappa shape index (κ2) is 17.1. The molecular formula is C31H32N4O6S2. The van der Waals surface area contributed by atoms with Crippen molar-refractivity contribution in [3.05, 3.63) is 121 Å². The van der Waals surface area contributed by atoms with E-state index in [2.05, 4.69) is 30.6 Å². The first-order valence-corrected chi connectivity index (χ1v) is 13.5. The van der Waals surface area contributed by atoms with Gasteiger partial charge in [0.25, 0.3) is 11.4 Å². The van der Waals surface area contributed by atoms with Gasteiger partial charge in [-0.2, -0.15) is 9.59 Å². The van der Waals surface area contributed by atoms with Gasteiger partial charge in [0.1, 0.15) is 5.01 Å². The Kier molecular flexibility index (Phi) is 14.4. The van der Waals surface area contributed by atoms with Crippen LogP contribution in [0.25, 0.3) is 20.8 Å². The summed E-state index contributed by atoms with van der Waals surface area (Å²) in [6.07, 6.45) is 0.250. The smallest absolute Gasteiger partial charge is 0.373 e. The number of thiazole rings is 1. The van der Waals surface area contributed by atoms with Crippen molar-refractivity contribution in [3.8, 4) is 10.6 Å². The number of nitrogen functional groups attached to an aromatic ring is 1. The lowest BCUT2D eigenvalue weighted by Gasteiger charge is -2.01. The Hall–Kier alpha value is -4.90. The number of non-ortho nitro benzene ring substituents is 2. The Morgan fingerprint density at radius 3 is 1.86 bits per heavy atom. The summed E-state index contributed by atoms with van der Waals surface area (Å²) in [5.74, 6) is 0. The molecule has 5 aromatic rings. The van der Waals surface area contributed by atoms with Crippen LogP contribution in [-0.2, 0) is 9.59 Å². The van der Waals surface area contributed by atoms with Gasteiger partial charge in [0.05, 0.1) is 20.1 Å². The molecule has 0 unspecified atom stereocenters. The summed E-state index contributed by atoms with van der Waals surface area (Å²) in [6.45, 7) is 7.77. The van der Waals surface area contributed by atoms with E-state index in [0.29, 0.717) is 0 Å². The average Bonchev–Trinajstić information content (AvgIpc) is 3.35. The summed E-state index contributed by atoms with van der Waals surface area (Å²) < 4.78 is 1.14. The highest BCUT2D eigenvalue weighted by atomic mass is 32.1. The molecule has 0 fully saturated rings. The Morgan fingerprint density at radius 2 is 1.35 bits per heavy atom. The summed E-state index contributed by atoms with van der Waals surface area (Å²) >= 11 is 5.75. The number of thiol groups is 1. The van der Waals surface area contributed by atoms with Gasteiger partial charge >= 0.3 is 6.15 Å². The fourth-order valence-electron chi connectivity index (χ4n) is 3.54. The van der Waals surface area contributed by atoms with Crippen LogP contribution in [0.3, 0.4) is 0 Å². The predicted octanol–water partition coefficient (Wildman–Crippen LogP) is 8.31. The lowest BCUT2D eigenvalue weighted by Crippen LogP contribution is -1.90. The topological polar surface area (TPSA) is 159 Å². The van der Waals surface area contributed by atoms with E-state index in [4.69, 9.17) is 15.3 Å².